The molecule has 0 unspecified atom stereocenters. The van der Waals surface area contributed by atoms with E-state index in [0.717, 1.165) is 5.56 Å². The maximum absolute atomic E-state index is 12.3. The summed E-state index contributed by atoms with van der Waals surface area (Å²) in [5, 5.41) is 0. The Balaban J connectivity index is 2.68. The van der Waals surface area contributed by atoms with Gasteiger partial charge in [0, 0.05) is 23.9 Å². The number of benzene rings is 1. The number of hydrogen-bond donors (Lipinski definition) is 2. The third-order valence-corrected chi connectivity index (χ3v) is 5.55. The summed E-state index contributed by atoms with van der Waals surface area (Å²) in [5.74, 6) is 0.658. The average molecular weight is 378 g/mol. The second-order valence-electron chi connectivity index (χ2n) is 7.10. The van der Waals surface area contributed by atoms with Crippen LogP contribution in [0.4, 0.5) is 0 Å². The van der Waals surface area contributed by atoms with Gasteiger partial charge in [0.1, 0.15) is 5.75 Å². The molecule has 0 spiro atoms. The standard InChI is InChI=1S/C19H26N2O4S/c1-6-26(23,24)21-12-13-10-17(25-5)16(19(2,3)4)11-15(13)14-8-7-9-20-18(14)22/h7-11,21H,6,12H2,1-5H3,(H,20,22). The summed E-state index contributed by atoms with van der Waals surface area (Å²) in [4.78, 5) is 15.0. The zero-order valence-electron chi connectivity index (χ0n) is 15.8. The van der Waals surface area contributed by atoms with Crippen LogP contribution in [0.2, 0.25) is 0 Å². The summed E-state index contributed by atoms with van der Waals surface area (Å²) in [6.07, 6.45) is 1.57. The first-order chi connectivity index (χ1) is 12.1. The van der Waals surface area contributed by atoms with E-state index in [4.69, 9.17) is 4.74 Å². The van der Waals surface area contributed by atoms with E-state index in [1.807, 2.05) is 6.07 Å². The molecule has 0 saturated heterocycles. The number of H-pyrrole nitrogens is 1. The van der Waals surface area contributed by atoms with Crippen molar-refractivity contribution in [2.45, 2.75) is 39.7 Å². The molecule has 0 saturated carbocycles. The SMILES string of the molecule is CCS(=O)(=O)NCc1cc(OC)c(C(C)(C)C)cc1-c1ccc[nH]c1=O. The predicted molar refractivity (Wildman–Crippen MR) is 104 cm³/mol. The van der Waals surface area contributed by atoms with Crippen LogP contribution in [0.3, 0.4) is 0 Å². The molecular formula is C19H26N2O4S. The molecule has 0 aliphatic carbocycles. The highest BCUT2D eigenvalue weighted by atomic mass is 32.2. The lowest BCUT2D eigenvalue weighted by molar-refractivity contribution is 0.397. The molecule has 0 radical (unpaired) electrons. The van der Waals surface area contributed by atoms with Crippen molar-refractivity contribution in [3.63, 3.8) is 0 Å². The Labute approximate surface area is 154 Å². The lowest BCUT2D eigenvalue weighted by Gasteiger charge is -2.24. The van der Waals surface area contributed by atoms with Crippen LogP contribution < -0.4 is 15.0 Å². The highest BCUT2D eigenvalue weighted by Crippen LogP contribution is 2.36. The minimum atomic E-state index is -3.36. The second kappa shape index (κ2) is 7.63. The fourth-order valence-corrected chi connectivity index (χ4v) is 3.28. The van der Waals surface area contributed by atoms with Gasteiger partial charge < -0.3 is 9.72 Å². The molecule has 0 amide bonds. The summed E-state index contributed by atoms with van der Waals surface area (Å²) < 4.78 is 31.8. The van der Waals surface area contributed by atoms with Gasteiger partial charge in [0.2, 0.25) is 10.0 Å². The minimum Gasteiger partial charge on any atom is -0.496 e. The Hall–Kier alpha value is -2.12. The van der Waals surface area contributed by atoms with Gasteiger partial charge in [0.25, 0.3) is 5.56 Å². The number of rotatable bonds is 6. The summed E-state index contributed by atoms with van der Waals surface area (Å²) in [6, 6.07) is 7.20. The first kappa shape index (κ1) is 20.2. The highest BCUT2D eigenvalue weighted by Gasteiger charge is 2.23. The number of hydrogen-bond acceptors (Lipinski definition) is 4. The molecule has 1 heterocycles. The third kappa shape index (κ3) is 4.53. The van der Waals surface area contributed by atoms with E-state index in [1.54, 1.807) is 38.4 Å². The Bertz CT molecular complexity index is 941. The Morgan fingerprint density at radius 1 is 1.19 bits per heavy atom. The van der Waals surface area contributed by atoms with Crippen molar-refractivity contribution >= 4 is 10.0 Å². The van der Waals surface area contributed by atoms with Crippen LogP contribution in [0.1, 0.15) is 38.8 Å². The van der Waals surface area contributed by atoms with E-state index < -0.39 is 10.0 Å². The topological polar surface area (TPSA) is 88.3 Å². The van der Waals surface area contributed by atoms with Crippen molar-refractivity contribution < 1.29 is 13.2 Å². The fourth-order valence-electron chi connectivity index (χ4n) is 2.70. The van der Waals surface area contributed by atoms with Crippen LogP contribution in [0, 0.1) is 0 Å². The van der Waals surface area contributed by atoms with Crippen molar-refractivity contribution in [1.29, 1.82) is 0 Å². The fraction of sp³-hybridized carbons (Fsp3) is 0.421. The number of nitrogens with one attached hydrogen (secondary N) is 2. The van der Waals surface area contributed by atoms with Gasteiger partial charge in [-0.15, -0.1) is 0 Å². The van der Waals surface area contributed by atoms with Gasteiger partial charge >= 0.3 is 0 Å². The Morgan fingerprint density at radius 2 is 1.88 bits per heavy atom. The van der Waals surface area contributed by atoms with E-state index in [1.165, 1.54) is 0 Å². The molecule has 142 valence electrons. The van der Waals surface area contributed by atoms with Crippen molar-refractivity contribution in [2.24, 2.45) is 0 Å². The van der Waals surface area contributed by atoms with Gasteiger partial charge in [0.05, 0.1) is 12.9 Å². The molecule has 26 heavy (non-hydrogen) atoms. The molecule has 7 heteroatoms. The molecule has 2 N–H and O–H groups in total. The molecule has 0 atom stereocenters. The van der Waals surface area contributed by atoms with E-state index in [-0.39, 0.29) is 23.3 Å². The van der Waals surface area contributed by atoms with Gasteiger partial charge in [-0.05, 0) is 47.7 Å². The van der Waals surface area contributed by atoms with Crippen LogP contribution in [0.15, 0.2) is 35.3 Å². The maximum atomic E-state index is 12.3. The van der Waals surface area contributed by atoms with Gasteiger partial charge in [-0.3, -0.25) is 4.79 Å². The van der Waals surface area contributed by atoms with Crippen molar-refractivity contribution in [2.75, 3.05) is 12.9 Å². The second-order valence-corrected chi connectivity index (χ2v) is 9.19. The largest absolute Gasteiger partial charge is 0.496 e. The zero-order valence-corrected chi connectivity index (χ0v) is 16.7. The summed E-state index contributed by atoms with van der Waals surface area (Å²) in [7, 11) is -1.78. The molecule has 6 nitrogen and oxygen atoms in total. The van der Waals surface area contributed by atoms with E-state index >= 15 is 0 Å². The number of pyridine rings is 1. The molecular weight excluding hydrogens is 352 g/mol. The molecule has 2 rings (SSSR count). The number of sulfonamides is 1. The van der Waals surface area contributed by atoms with Gasteiger partial charge in [-0.25, -0.2) is 13.1 Å². The molecule has 2 aromatic rings. The van der Waals surface area contributed by atoms with Crippen LogP contribution >= 0.6 is 0 Å². The quantitative estimate of drug-likeness (QED) is 0.809. The van der Waals surface area contributed by atoms with Crippen molar-refractivity contribution in [1.82, 2.24) is 9.71 Å². The Morgan fingerprint density at radius 3 is 2.42 bits per heavy atom. The van der Waals surface area contributed by atoms with Gasteiger partial charge in [-0.1, -0.05) is 20.8 Å². The predicted octanol–water partition coefficient (Wildman–Crippen LogP) is 2.79. The normalized spacial score (nSPS) is 12.2. The van der Waals surface area contributed by atoms with E-state index in [2.05, 4.69) is 30.5 Å². The van der Waals surface area contributed by atoms with E-state index in [0.29, 0.717) is 22.4 Å². The maximum Gasteiger partial charge on any atom is 0.255 e. The number of ether oxygens (including phenoxy) is 1. The number of methoxy groups -OCH3 is 1. The van der Waals surface area contributed by atoms with Crippen molar-refractivity contribution in [3.05, 3.63) is 51.9 Å². The lowest BCUT2D eigenvalue weighted by atomic mass is 9.83. The van der Waals surface area contributed by atoms with Crippen LogP contribution in [-0.4, -0.2) is 26.3 Å². The number of aromatic amines is 1. The Kier molecular flexibility index (Phi) is 5.93. The van der Waals surface area contributed by atoms with Crippen molar-refractivity contribution in [3.8, 4) is 16.9 Å². The van der Waals surface area contributed by atoms with Gasteiger partial charge in [-0.2, -0.15) is 0 Å². The third-order valence-electron chi connectivity index (χ3n) is 4.20. The molecule has 1 aromatic heterocycles. The van der Waals surface area contributed by atoms with Crippen LogP contribution in [0.5, 0.6) is 5.75 Å². The molecule has 0 fully saturated rings. The molecule has 1 aromatic carbocycles. The highest BCUT2D eigenvalue weighted by molar-refractivity contribution is 7.89. The average Bonchev–Trinajstić information content (AvgIpc) is 2.59. The monoisotopic (exact) mass is 378 g/mol. The summed E-state index contributed by atoms with van der Waals surface area (Å²) >= 11 is 0. The van der Waals surface area contributed by atoms with Gasteiger partial charge in [0.15, 0.2) is 0 Å². The smallest absolute Gasteiger partial charge is 0.255 e. The number of aromatic nitrogens is 1. The zero-order chi connectivity index (χ0) is 19.5. The first-order valence-corrected chi connectivity index (χ1v) is 10.1. The summed E-state index contributed by atoms with van der Waals surface area (Å²) in [5.41, 5.74) is 2.38. The lowest BCUT2D eigenvalue weighted by Crippen LogP contribution is -2.25. The minimum absolute atomic E-state index is 0.00847. The molecule has 0 aliphatic rings. The molecule has 0 bridgehead atoms. The first-order valence-electron chi connectivity index (χ1n) is 8.46. The summed E-state index contributed by atoms with van der Waals surface area (Å²) in [6.45, 7) is 7.84. The molecule has 0 aliphatic heterocycles. The van der Waals surface area contributed by atoms with Crippen LogP contribution in [0.25, 0.3) is 11.1 Å². The van der Waals surface area contributed by atoms with Crippen LogP contribution in [-0.2, 0) is 22.0 Å². The van der Waals surface area contributed by atoms with E-state index in [9.17, 15) is 13.2 Å².